The van der Waals surface area contributed by atoms with Gasteiger partial charge in [-0.1, -0.05) is 18.2 Å². The average molecular weight is 167 g/mol. The Kier molecular flexibility index (Phi) is 2.68. The maximum Gasteiger partial charge on any atom is 0.177 e. The first-order valence-electron chi connectivity index (χ1n) is 3.82. The highest BCUT2D eigenvalue weighted by atomic mass is 16.5. The van der Waals surface area contributed by atoms with Crippen molar-refractivity contribution in [3.8, 4) is 0 Å². The molecule has 0 aliphatic rings. The minimum Gasteiger partial charge on any atom is -0.380 e. The van der Waals surface area contributed by atoms with Crippen LogP contribution in [-0.2, 0) is 0 Å². The fourth-order valence-corrected chi connectivity index (χ4v) is 0.826. The lowest BCUT2D eigenvalue weighted by Crippen LogP contribution is -2.32. The molecule has 0 aliphatic carbocycles. The van der Waals surface area contributed by atoms with Crippen molar-refractivity contribution in [1.29, 1.82) is 0 Å². The Morgan fingerprint density at radius 1 is 1.25 bits per heavy atom. The summed E-state index contributed by atoms with van der Waals surface area (Å²) in [6, 6.07) is 9.41. The van der Waals surface area contributed by atoms with Gasteiger partial charge in [0.1, 0.15) is 0 Å². The van der Waals surface area contributed by atoms with Gasteiger partial charge in [-0.2, -0.15) is 0 Å². The molecule has 0 fully saturated rings. The van der Waals surface area contributed by atoms with Crippen molar-refractivity contribution >= 4 is 5.69 Å². The van der Waals surface area contributed by atoms with Crippen molar-refractivity contribution < 1.29 is 10.2 Å². The first kappa shape index (κ1) is 9.03. The third kappa shape index (κ3) is 3.37. The summed E-state index contributed by atoms with van der Waals surface area (Å²) in [6.07, 6.45) is 0. The minimum absolute atomic E-state index is 0.122. The van der Waals surface area contributed by atoms with Crippen LogP contribution in [0.3, 0.4) is 0 Å². The van der Waals surface area contributed by atoms with Crippen molar-refractivity contribution in [2.24, 2.45) is 0 Å². The quantitative estimate of drug-likeness (QED) is 0.584. The second-order valence-electron chi connectivity index (χ2n) is 2.94. The SMILES string of the molecule is CC(O)(O)CNc1ccccc1. The van der Waals surface area contributed by atoms with Gasteiger partial charge in [0, 0.05) is 5.69 Å². The smallest absolute Gasteiger partial charge is 0.177 e. The van der Waals surface area contributed by atoms with Crippen LogP contribution in [0.5, 0.6) is 0 Å². The highest BCUT2D eigenvalue weighted by molar-refractivity contribution is 5.42. The van der Waals surface area contributed by atoms with E-state index in [9.17, 15) is 0 Å². The largest absolute Gasteiger partial charge is 0.380 e. The zero-order valence-corrected chi connectivity index (χ0v) is 6.99. The van der Waals surface area contributed by atoms with Gasteiger partial charge in [0.25, 0.3) is 0 Å². The second-order valence-corrected chi connectivity index (χ2v) is 2.94. The monoisotopic (exact) mass is 167 g/mol. The third-order valence-electron chi connectivity index (χ3n) is 1.40. The predicted octanol–water partition coefficient (Wildman–Crippen LogP) is 0.799. The van der Waals surface area contributed by atoms with Crippen LogP contribution >= 0.6 is 0 Å². The van der Waals surface area contributed by atoms with E-state index in [1.54, 1.807) is 0 Å². The molecule has 1 aromatic carbocycles. The molecule has 0 heterocycles. The highest BCUT2D eigenvalue weighted by Crippen LogP contribution is 2.06. The molecule has 0 spiro atoms. The van der Waals surface area contributed by atoms with Crippen LogP contribution in [0.25, 0.3) is 0 Å². The average Bonchev–Trinajstić information content (AvgIpc) is 2.02. The molecule has 0 unspecified atom stereocenters. The van der Waals surface area contributed by atoms with Gasteiger partial charge in [-0.05, 0) is 19.1 Å². The zero-order chi connectivity index (χ0) is 9.03. The molecule has 3 heteroatoms. The molecule has 0 aliphatic heterocycles. The van der Waals surface area contributed by atoms with Crippen LogP contribution in [-0.4, -0.2) is 22.5 Å². The molecular weight excluding hydrogens is 154 g/mol. The molecule has 0 radical (unpaired) electrons. The Morgan fingerprint density at radius 2 is 1.83 bits per heavy atom. The summed E-state index contributed by atoms with van der Waals surface area (Å²) >= 11 is 0. The number of anilines is 1. The summed E-state index contributed by atoms with van der Waals surface area (Å²) in [6.45, 7) is 1.46. The molecule has 0 aromatic heterocycles. The standard InChI is InChI=1S/C9H13NO2/c1-9(11,12)7-10-8-5-3-2-4-6-8/h2-6,10-12H,7H2,1H3. The minimum atomic E-state index is -1.66. The summed E-state index contributed by atoms with van der Waals surface area (Å²) in [7, 11) is 0. The predicted molar refractivity (Wildman–Crippen MR) is 47.8 cm³/mol. The summed E-state index contributed by atoms with van der Waals surface area (Å²) < 4.78 is 0. The Bertz CT molecular complexity index is 228. The van der Waals surface area contributed by atoms with Crippen LogP contribution < -0.4 is 5.32 Å². The molecule has 3 N–H and O–H groups in total. The maximum absolute atomic E-state index is 8.97. The van der Waals surface area contributed by atoms with E-state index in [0.29, 0.717) is 0 Å². The molecule has 0 saturated carbocycles. The first-order chi connectivity index (χ1) is 5.58. The van der Waals surface area contributed by atoms with Crippen LogP contribution in [0.15, 0.2) is 30.3 Å². The van der Waals surface area contributed by atoms with E-state index in [0.717, 1.165) is 5.69 Å². The topological polar surface area (TPSA) is 52.5 Å². The first-order valence-corrected chi connectivity index (χ1v) is 3.82. The van der Waals surface area contributed by atoms with Crippen LogP contribution in [0, 0.1) is 0 Å². The van der Waals surface area contributed by atoms with Crippen molar-refractivity contribution in [3.05, 3.63) is 30.3 Å². The number of hydrogen-bond acceptors (Lipinski definition) is 3. The van der Waals surface area contributed by atoms with E-state index in [2.05, 4.69) is 5.32 Å². The summed E-state index contributed by atoms with van der Waals surface area (Å²) in [5.41, 5.74) is 0.881. The second kappa shape index (κ2) is 3.56. The number of para-hydroxylation sites is 1. The lowest BCUT2D eigenvalue weighted by molar-refractivity contribution is -0.131. The van der Waals surface area contributed by atoms with Gasteiger partial charge >= 0.3 is 0 Å². The van der Waals surface area contributed by atoms with Gasteiger partial charge < -0.3 is 15.5 Å². The van der Waals surface area contributed by atoms with Crippen LogP contribution in [0.2, 0.25) is 0 Å². The van der Waals surface area contributed by atoms with E-state index < -0.39 is 5.79 Å². The van der Waals surface area contributed by atoms with Gasteiger partial charge in [0.2, 0.25) is 0 Å². The van der Waals surface area contributed by atoms with E-state index in [1.165, 1.54) is 6.92 Å². The Balaban J connectivity index is 2.44. The van der Waals surface area contributed by atoms with E-state index >= 15 is 0 Å². The number of rotatable bonds is 3. The number of nitrogens with one attached hydrogen (secondary N) is 1. The molecule has 0 amide bonds. The van der Waals surface area contributed by atoms with Gasteiger partial charge in [-0.25, -0.2) is 0 Å². The van der Waals surface area contributed by atoms with E-state index in [4.69, 9.17) is 10.2 Å². The summed E-state index contributed by atoms with van der Waals surface area (Å²) in [5, 5.41) is 20.8. The zero-order valence-electron chi connectivity index (χ0n) is 6.99. The normalized spacial score (nSPS) is 11.2. The molecule has 3 nitrogen and oxygen atoms in total. The van der Waals surface area contributed by atoms with Crippen molar-refractivity contribution in [2.45, 2.75) is 12.7 Å². The molecule has 0 bridgehead atoms. The Morgan fingerprint density at radius 3 is 2.33 bits per heavy atom. The molecular formula is C9H13NO2. The van der Waals surface area contributed by atoms with Gasteiger partial charge in [-0.15, -0.1) is 0 Å². The lowest BCUT2D eigenvalue weighted by Gasteiger charge is -2.16. The van der Waals surface area contributed by atoms with Crippen LogP contribution in [0.1, 0.15) is 6.92 Å². The summed E-state index contributed by atoms with van der Waals surface area (Å²) in [4.78, 5) is 0. The summed E-state index contributed by atoms with van der Waals surface area (Å²) in [5.74, 6) is -1.66. The molecule has 12 heavy (non-hydrogen) atoms. The molecule has 1 rings (SSSR count). The fourth-order valence-electron chi connectivity index (χ4n) is 0.826. The molecule has 0 saturated heterocycles. The van der Waals surface area contributed by atoms with Gasteiger partial charge in [0.05, 0.1) is 6.54 Å². The Labute approximate surface area is 71.7 Å². The molecule has 66 valence electrons. The van der Waals surface area contributed by atoms with E-state index in [1.807, 2.05) is 30.3 Å². The number of aliphatic hydroxyl groups is 2. The van der Waals surface area contributed by atoms with Gasteiger partial charge in [0.15, 0.2) is 5.79 Å². The number of hydrogen-bond donors (Lipinski definition) is 3. The van der Waals surface area contributed by atoms with Crippen LogP contribution in [0.4, 0.5) is 5.69 Å². The van der Waals surface area contributed by atoms with E-state index in [-0.39, 0.29) is 6.54 Å². The highest BCUT2D eigenvalue weighted by Gasteiger charge is 2.13. The van der Waals surface area contributed by atoms with Gasteiger partial charge in [-0.3, -0.25) is 0 Å². The third-order valence-corrected chi connectivity index (χ3v) is 1.40. The van der Waals surface area contributed by atoms with Crippen molar-refractivity contribution in [2.75, 3.05) is 11.9 Å². The number of benzene rings is 1. The molecule has 0 atom stereocenters. The Hall–Kier alpha value is -1.06. The fraction of sp³-hybridized carbons (Fsp3) is 0.333. The lowest BCUT2D eigenvalue weighted by atomic mass is 10.3. The van der Waals surface area contributed by atoms with Crippen molar-refractivity contribution in [3.63, 3.8) is 0 Å². The van der Waals surface area contributed by atoms with Crippen molar-refractivity contribution in [1.82, 2.24) is 0 Å². The molecule has 1 aromatic rings. The maximum atomic E-state index is 8.97.